The molecule has 0 amide bonds. The molecular weight excluding hydrogens is 500 g/mol. The molecule has 0 bridgehead atoms. The molecule has 0 radical (unpaired) electrons. The Bertz CT molecular complexity index is 1460. The number of anilines is 1. The smallest absolute Gasteiger partial charge is 0.151 e. The van der Waals surface area contributed by atoms with Gasteiger partial charge in [-0.25, -0.2) is 18.7 Å². The third kappa shape index (κ3) is 4.65. The van der Waals surface area contributed by atoms with Gasteiger partial charge in [-0.15, -0.1) is 0 Å². The number of nitrogens with zero attached hydrogens (tertiary/aromatic N) is 3. The minimum absolute atomic E-state index is 0.00940. The third-order valence-corrected chi connectivity index (χ3v) is 7.52. The minimum atomic E-state index is -2.56. The zero-order chi connectivity index (χ0) is 24.8. The van der Waals surface area contributed by atoms with Crippen LogP contribution in [-0.2, 0) is 4.57 Å². The van der Waals surface area contributed by atoms with Crippen LogP contribution in [0.25, 0.3) is 22.3 Å². The fourth-order valence-corrected chi connectivity index (χ4v) is 4.73. The Morgan fingerprint density at radius 2 is 1.82 bits per heavy atom. The number of aromatic nitrogens is 3. The van der Waals surface area contributed by atoms with Crippen molar-refractivity contribution in [1.29, 1.82) is 0 Å². The van der Waals surface area contributed by atoms with Gasteiger partial charge in [-0.05, 0) is 45.4 Å². The van der Waals surface area contributed by atoms with Crippen molar-refractivity contribution < 1.29 is 13.3 Å². The quantitative estimate of drug-likeness (QED) is 0.287. The molecule has 34 heavy (non-hydrogen) atoms. The van der Waals surface area contributed by atoms with Gasteiger partial charge in [0.2, 0.25) is 0 Å². The van der Waals surface area contributed by atoms with Crippen molar-refractivity contribution in [2.75, 3.05) is 18.6 Å². The molecule has 1 N–H and O–H groups in total. The summed E-state index contributed by atoms with van der Waals surface area (Å²) in [5.74, 6) is -1.13. The normalized spacial score (nSPS) is 12.7. The lowest BCUT2D eigenvalue weighted by Crippen LogP contribution is -2.11. The van der Waals surface area contributed by atoms with Gasteiger partial charge in [-0.1, -0.05) is 35.3 Å². The van der Waals surface area contributed by atoms with Crippen LogP contribution >= 0.6 is 30.3 Å². The van der Waals surface area contributed by atoms with Gasteiger partial charge in [-0.2, -0.15) is 0 Å². The molecule has 176 valence electrons. The number of hydrogen-bond donors (Lipinski definition) is 1. The van der Waals surface area contributed by atoms with Gasteiger partial charge in [0.15, 0.2) is 5.82 Å². The van der Waals surface area contributed by atoms with Crippen LogP contribution in [0, 0.1) is 18.6 Å². The SMILES string of the molecule is Cc1nc2cc(F)c(-c3ccc(P(C)(C)=O)nc3)nc2c(NC(C)c2cccc(Cl)c2F)c1Cl. The highest BCUT2D eigenvalue weighted by Crippen LogP contribution is 2.37. The molecule has 3 aromatic heterocycles. The number of benzene rings is 1. The van der Waals surface area contributed by atoms with Crippen LogP contribution < -0.4 is 10.8 Å². The van der Waals surface area contributed by atoms with Crippen molar-refractivity contribution in [3.05, 3.63) is 75.5 Å². The molecule has 1 aromatic carbocycles. The van der Waals surface area contributed by atoms with Gasteiger partial charge in [0.1, 0.15) is 24.2 Å². The van der Waals surface area contributed by atoms with E-state index in [-0.39, 0.29) is 10.7 Å². The Hall–Kier alpha value is -2.60. The van der Waals surface area contributed by atoms with Crippen molar-refractivity contribution >= 4 is 52.5 Å². The van der Waals surface area contributed by atoms with E-state index in [1.165, 1.54) is 18.3 Å². The highest BCUT2D eigenvalue weighted by Gasteiger charge is 2.21. The maximum Gasteiger partial charge on any atom is 0.151 e. The molecule has 3 heterocycles. The summed E-state index contributed by atoms with van der Waals surface area (Å²) >= 11 is 12.5. The Balaban J connectivity index is 1.84. The third-order valence-electron chi connectivity index (χ3n) is 5.40. The summed E-state index contributed by atoms with van der Waals surface area (Å²) in [6, 6.07) is 8.72. The number of halogens is 4. The van der Waals surface area contributed by atoms with Crippen molar-refractivity contribution in [1.82, 2.24) is 15.0 Å². The second-order valence-electron chi connectivity index (χ2n) is 8.34. The first kappa shape index (κ1) is 24.5. The van der Waals surface area contributed by atoms with Gasteiger partial charge < -0.3 is 9.88 Å². The Morgan fingerprint density at radius 3 is 2.47 bits per heavy atom. The summed E-state index contributed by atoms with van der Waals surface area (Å²) in [7, 11) is -2.56. The zero-order valence-corrected chi connectivity index (χ0v) is 21.2. The standard InChI is InChI=1S/C24H21Cl2F2N4OP/c1-12(15-6-5-7-16(25)21(15)28)31-24-20(26)13(2)30-18-10-17(27)22(32-23(18)24)14-8-9-19(29-11-14)34(3,4)33/h5-12H,1-4H3,(H,30,31). The van der Waals surface area contributed by atoms with E-state index in [0.29, 0.717) is 44.0 Å². The van der Waals surface area contributed by atoms with Crippen LogP contribution in [0.1, 0.15) is 24.2 Å². The lowest BCUT2D eigenvalue weighted by atomic mass is 10.1. The molecule has 0 saturated heterocycles. The molecule has 4 aromatic rings. The van der Waals surface area contributed by atoms with Crippen molar-refractivity contribution in [3.63, 3.8) is 0 Å². The monoisotopic (exact) mass is 520 g/mol. The zero-order valence-electron chi connectivity index (χ0n) is 18.8. The molecule has 0 aliphatic heterocycles. The first-order valence-electron chi connectivity index (χ1n) is 10.4. The average Bonchev–Trinajstić information content (AvgIpc) is 2.78. The van der Waals surface area contributed by atoms with Crippen LogP contribution in [0.2, 0.25) is 10.0 Å². The molecule has 1 unspecified atom stereocenters. The van der Waals surface area contributed by atoms with Crippen LogP contribution in [-0.4, -0.2) is 28.3 Å². The first-order valence-corrected chi connectivity index (χ1v) is 13.7. The van der Waals surface area contributed by atoms with Gasteiger partial charge in [0, 0.05) is 23.4 Å². The lowest BCUT2D eigenvalue weighted by Gasteiger charge is -2.20. The summed E-state index contributed by atoms with van der Waals surface area (Å²) in [5.41, 5.74) is 2.72. The summed E-state index contributed by atoms with van der Waals surface area (Å²) in [5, 5.41) is 3.50. The highest BCUT2D eigenvalue weighted by molar-refractivity contribution is 7.69. The molecule has 4 rings (SSSR count). The molecule has 0 saturated carbocycles. The van der Waals surface area contributed by atoms with E-state index in [1.807, 2.05) is 0 Å². The Morgan fingerprint density at radius 1 is 1.09 bits per heavy atom. The number of rotatable bonds is 5. The molecule has 0 aliphatic rings. The molecule has 0 aliphatic carbocycles. The number of nitrogens with one attached hydrogen (secondary N) is 1. The average molecular weight is 521 g/mol. The summed E-state index contributed by atoms with van der Waals surface area (Å²) in [6.07, 6.45) is 1.44. The predicted octanol–water partition coefficient (Wildman–Crippen LogP) is 7.01. The number of hydrogen-bond acceptors (Lipinski definition) is 5. The van der Waals surface area contributed by atoms with Crippen molar-refractivity contribution in [2.45, 2.75) is 19.9 Å². The fraction of sp³-hybridized carbons (Fsp3) is 0.208. The second kappa shape index (κ2) is 9.21. The van der Waals surface area contributed by atoms with E-state index < -0.39 is 24.8 Å². The van der Waals surface area contributed by atoms with E-state index in [0.717, 1.165) is 0 Å². The van der Waals surface area contributed by atoms with E-state index in [9.17, 15) is 8.96 Å². The van der Waals surface area contributed by atoms with Crippen LogP contribution in [0.15, 0.2) is 42.6 Å². The minimum Gasteiger partial charge on any atom is -0.375 e. The predicted molar refractivity (Wildman–Crippen MR) is 135 cm³/mol. The van der Waals surface area contributed by atoms with Gasteiger partial charge in [-0.3, -0.25) is 4.98 Å². The van der Waals surface area contributed by atoms with Crippen LogP contribution in [0.5, 0.6) is 0 Å². The highest BCUT2D eigenvalue weighted by atomic mass is 35.5. The van der Waals surface area contributed by atoms with Crippen LogP contribution in [0.3, 0.4) is 0 Å². The van der Waals surface area contributed by atoms with Gasteiger partial charge in [0.05, 0.1) is 38.4 Å². The van der Waals surface area contributed by atoms with Crippen molar-refractivity contribution in [2.24, 2.45) is 0 Å². The number of fused-ring (bicyclic) bond motifs is 1. The summed E-state index contributed by atoms with van der Waals surface area (Å²) in [4.78, 5) is 13.1. The molecule has 0 fully saturated rings. The molecule has 0 spiro atoms. The topological polar surface area (TPSA) is 67.8 Å². The lowest BCUT2D eigenvalue weighted by molar-refractivity contribution is 0.587. The van der Waals surface area contributed by atoms with E-state index in [4.69, 9.17) is 23.2 Å². The molecule has 5 nitrogen and oxygen atoms in total. The Labute approximate surface area is 205 Å². The second-order valence-corrected chi connectivity index (χ2v) is 12.3. The Kier molecular flexibility index (Phi) is 6.65. The molecule has 10 heteroatoms. The number of aryl methyl sites for hydroxylation is 1. The number of pyridine rings is 3. The molecular formula is C24H21Cl2F2N4OP. The van der Waals surface area contributed by atoms with E-state index in [1.54, 1.807) is 51.4 Å². The fourth-order valence-electron chi connectivity index (χ4n) is 3.59. The van der Waals surface area contributed by atoms with E-state index >= 15 is 4.39 Å². The largest absolute Gasteiger partial charge is 0.375 e. The first-order chi connectivity index (χ1) is 16.0. The van der Waals surface area contributed by atoms with Gasteiger partial charge in [0.25, 0.3) is 0 Å². The van der Waals surface area contributed by atoms with Crippen molar-refractivity contribution in [3.8, 4) is 11.3 Å². The van der Waals surface area contributed by atoms with Crippen LogP contribution in [0.4, 0.5) is 14.5 Å². The summed E-state index contributed by atoms with van der Waals surface area (Å²) < 4.78 is 41.9. The van der Waals surface area contributed by atoms with E-state index in [2.05, 4.69) is 20.3 Å². The summed E-state index contributed by atoms with van der Waals surface area (Å²) in [6.45, 7) is 6.68. The maximum atomic E-state index is 15.0. The van der Waals surface area contributed by atoms with Gasteiger partial charge >= 0.3 is 0 Å². The maximum absolute atomic E-state index is 15.0. The molecule has 1 atom stereocenters.